The van der Waals surface area contributed by atoms with Gasteiger partial charge in [0, 0.05) is 19.3 Å². The zero-order valence-corrected chi connectivity index (χ0v) is 15.3. The summed E-state index contributed by atoms with van der Waals surface area (Å²) < 4.78 is 10.9. The highest BCUT2D eigenvalue weighted by Crippen LogP contribution is 2.21. The molecule has 0 aliphatic carbocycles. The second kappa shape index (κ2) is 10.7. The molecule has 0 heterocycles. The summed E-state index contributed by atoms with van der Waals surface area (Å²) in [5.41, 5.74) is 8.35. The molecule has 0 fully saturated rings. The maximum absolute atomic E-state index is 12.1. The van der Waals surface area contributed by atoms with Crippen molar-refractivity contribution in [2.45, 2.75) is 26.1 Å². The zero-order valence-electron chi connectivity index (χ0n) is 14.5. The first-order chi connectivity index (χ1) is 11.6. The van der Waals surface area contributed by atoms with E-state index >= 15 is 0 Å². The first-order valence-electron chi connectivity index (χ1n) is 7.93. The number of anilines is 1. The fraction of sp³-hybridized carbons (Fsp3) is 0.316. The number of para-hydroxylation sites is 1. The molecule has 136 valence electrons. The second-order valence-corrected chi connectivity index (χ2v) is 5.54. The van der Waals surface area contributed by atoms with Gasteiger partial charge >= 0.3 is 0 Å². The molecular weight excluding hydrogens is 340 g/mol. The quantitative estimate of drug-likeness (QED) is 0.753. The third-order valence-corrected chi connectivity index (χ3v) is 3.87. The number of benzene rings is 2. The Kier molecular flexibility index (Phi) is 8.99. The van der Waals surface area contributed by atoms with Crippen LogP contribution in [0.5, 0.6) is 5.75 Å². The van der Waals surface area contributed by atoms with Crippen molar-refractivity contribution in [1.29, 1.82) is 0 Å². The molecule has 5 nitrogen and oxygen atoms in total. The summed E-state index contributed by atoms with van der Waals surface area (Å²) in [7, 11) is 1.55. The number of rotatable bonds is 8. The van der Waals surface area contributed by atoms with Gasteiger partial charge in [-0.1, -0.05) is 30.3 Å². The smallest absolute Gasteiger partial charge is 0.227 e. The summed E-state index contributed by atoms with van der Waals surface area (Å²) in [6, 6.07) is 15.4. The van der Waals surface area contributed by atoms with Crippen LogP contribution >= 0.6 is 12.4 Å². The van der Waals surface area contributed by atoms with Gasteiger partial charge in [-0.3, -0.25) is 4.79 Å². The summed E-state index contributed by atoms with van der Waals surface area (Å²) in [4.78, 5) is 12.1. The van der Waals surface area contributed by atoms with Crippen LogP contribution in [0.25, 0.3) is 0 Å². The van der Waals surface area contributed by atoms with Crippen LogP contribution in [0.3, 0.4) is 0 Å². The van der Waals surface area contributed by atoms with Crippen molar-refractivity contribution in [2.24, 2.45) is 5.73 Å². The third kappa shape index (κ3) is 6.38. The van der Waals surface area contributed by atoms with Crippen LogP contribution in [-0.4, -0.2) is 25.7 Å². The average molecular weight is 365 g/mol. The van der Waals surface area contributed by atoms with Crippen LogP contribution < -0.4 is 15.8 Å². The Bertz CT molecular complexity index is 661. The highest BCUT2D eigenvalue weighted by Gasteiger charge is 2.13. The molecule has 1 unspecified atom stereocenters. The molecule has 0 saturated heterocycles. The normalized spacial score (nSPS) is 11.3. The van der Waals surface area contributed by atoms with Gasteiger partial charge in [0.25, 0.3) is 0 Å². The molecule has 2 aromatic carbocycles. The molecule has 3 N–H and O–H groups in total. The monoisotopic (exact) mass is 364 g/mol. The number of carbonyl (C=O) groups excluding carboxylic acids is 1. The van der Waals surface area contributed by atoms with E-state index in [2.05, 4.69) is 5.32 Å². The molecule has 2 rings (SSSR count). The van der Waals surface area contributed by atoms with Crippen LogP contribution in [0.15, 0.2) is 48.5 Å². The maximum atomic E-state index is 12.1. The number of carbonyl (C=O) groups is 1. The van der Waals surface area contributed by atoms with E-state index in [0.717, 1.165) is 22.6 Å². The predicted octanol–water partition coefficient (Wildman–Crippen LogP) is 3.30. The zero-order chi connectivity index (χ0) is 17.4. The van der Waals surface area contributed by atoms with Crippen LogP contribution in [-0.2, 0) is 16.1 Å². The topological polar surface area (TPSA) is 73.6 Å². The lowest BCUT2D eigenvalue weighted by Gasteiger charge is -2.15. The minimum absolute atomic E-state index is 0. The highest BCUT2D eigenvalue weighted by atomic mass is 35.5. The van der Waals surface area contributed by atoms with Crippen LogP contribution in [0.4, 0.5) is 5.69 Å². The molecule has 25 heavy (non-hydrogen) atoms. The van der Waals surface area contributed by atoms with Crippen molar-refractivity contribution in [3.8, 4) is 5.75 Å². The third-order valence-electron chi connectivity index (χ3n) is 3.87. The van der Waals surface area contributed by atoms with Gasteiger partial charge in [-0.05, 0) is 36.2 Å². The van der Waals surface area contributed by atoms with Crippen LogP contribution in [0.2, 0.25) is 0 Å². The lowest BCUT2D eigenvalue weighted by molar-refractivity contribution is -0.118. The Balaban J connectivity index is 0.00000312. The summed E-state index contributed by atoms with van der Waals surface area (Å²) in [6.45, 7) is 2.73. The Morgan fingerprint density at radius 1 is 1.16 bits per heavy atom. The van der Waals surface area contributed by atoms with Gasteiger partial charge in [-0.2, -0.15) is 0 Å². The van der Waals surface area contributed by atoms with E-state index in [1.54, 1.807) is 7.11 Å². The fourth-order valence-electron chi connectivity index (χ4n) is 2.32. The molecule has 0 aliphatic rings. The fourth-order valence-corrected chi connectivity index (χ4v) is 2.32. The minimum Gasteiger partial charge on any atom is -0.489 e. The number of methoxy groups -OCH3 is 1. The Hall–Kier alpha value is -2.08. The average Bonchev–Trinajstić information content (AvgIpc) is 2.61. The van der Waals surface area contributed by atoms with E-state index in [4.69, 9.17) is 15.2 Å². The SMILES string of the molecule is COC(CN)CC(=O)Nc1cccc(COc2ccccc2)c1C.Cl. The van der Waals surface area contributed by atoms with Gasteiger partial charge in [0.05, 0.1) is 12.5 Å². The summed E-state index contributed by atoms with van der Waals surface area (Å²) in [5.74, 6) is 0.703. The lowest BCUT2D eigenvalue weighted by Crippen LogP contribution is -2.28. The number of ether oxygens (including phenoxy) is 2. The largest absolute Gasteiger partial charge is 0.489 e. The van der Waals surface area contributed by atoms with Crippen molar-refractivity contribution < 1.29 is 14.3 Å². The van der Waals surface area contributed by atoms with E-state index < -0.39 is 0 Å². The van der Waals surface area contributed by atoms with E-state index in [-0.39, 0.29) is 30.8 Å². The van der Waals surface area contributed by atoms with Crippen LogP contribution in [0.1, 0.15) is 17.5 Å². The first kappa shape index (κ1) is 21.0. The number of nitrogens with two attached hydrogens (primary N) is 1. The molecule has 0 aromatic heterocycles. The van der Waals surface area contributed by atoms with E-state index in [9.17, 15) is 4.79 Å². The molecule has 1 atom stereocenters. The number of nitrogens with one attached hydrogen (secondary N) is 1. The Morgan fingerprint density at radius 2 is 1.88 bits per heavy atom. The van der Waals surface area contributed by atoms with Crippen molar-refractivity contribution in [3.63, 3.8) is 0 Å². The number of hydrogen-bond acceptors (Lipinski definition) is 4. The summed E-state index contributed by atoms with van der Waals surface area (Å²) >= 11 is 0. The van der Waals surface area contributed by atoms with Crippen molar-refractivity contribution in [3.05, 3.63) is 59.7 Å². The Labute approximate surface area is 154 Å². The van der Waals surface area contributed by atoms with Gasteiger partial charge < -0.3 is 20.5 Å². The first-order valence-corrected chi connectivity index (χ1v) is 7.93. The molecule has 6 heteroatoms. The van der Waals surface area contributed by atoms with Gasteiger partial charge in [0.2, 0.25) is 5.91 Å². The maximum Gasteiger partial charge on any atom is 0.227 e. The van der Waals surface area contributed by atoms with E-state index in [1.165, 1.54) is 0 Å². The molecule has 0 aliphatic heterocycles. The van der Waals surface area contributed by atoms with Gasteiger partial charge in [-0.25, -0.2) is 0 Å². The second-order valence-electron chi connectivity index (χ2n) is 5.54. The summed E-state index contributed by atoms with van der Waals surface area (Å²) in [6.07, 6.45) is -0.0353. The van der Waals surface area contributed by atoms with E-state index in [0.29, 0.717) is 13.2 Å². The molecule has 0 bridgehead atoms. The molecule has 0 radical (unpaired) electrons. The van der Waals surface area contributed by atoms with Crippen LogP contribution in [0, 0.1) is 6.92 Å². The van der Waals surface area contributed by atoms with Crippen molar-refractivity contribution in [2.75, 3.05) is 19.0 Å². The van der Waals surface area contributed by atoms with Crippen molar-refractivity contribution in [1.82, 2.24) is 0 Å². The number of amides is 1. The predicted molar refractivity (Wildman–Crippen MR) is 102 cm³/mol. The minimum atomic E-state index is -0.269. The molecule has 0 saturated carbocycles. The molecule has 2 aromatic rings. The molecule has 0 spiro atoms. The standard InChI is InChI=1S/C19H24N2O3.ClH/c1-14-15(13-24-16-8-4-3-5-9-16)7-6-10-18(14)21-19(22)11-17(12-20)23-2;/h3-10,17H,11-13,20H2,1-2H3,(H,21,22);1H. The van der Waals surface area contributed by atoms with Gasteiger partial charge in [-0.15, -0.1) is 12.4 Å². The highest BCUT2D eigenvalue weighted by molar-refractivity contribution is 5.92. The van der Waals surface area contributed by atoms with Gasteiger partial charge in [0.15, 0.2) is 0 Å². The lowest BCUT2D eigenvalue weighted by atomic mass is 10.1. The Morgan fingerprint density at radius 3 is 2.52 bits per heavy atom. The number of halogens is 1. The van der Waals surface area contributed by atoms with Gasteiger partial charge in [0.1, 0.15) is 12.4 Å². The summed E-state index contributed by atoms with van der Waals surface area (Å²) in [5, 5.41) is 2.92. The molecule has 1 amide bonds. The molecular formula is C19H25ClN2O3. The number of hydrogen-bond donors (Lipinski definition) is 2. The van der Waals surface area contributed by atoms with E-state index in [1.807, 2.05) is 55.5 Å². The van der Waals surface area contributed by atoms with Crippen molar-refractivity contribution >= 4 is 24.0 Å².